The number of ether oxygens (including phenoxy) is 2. The van der Waals surface area contributed by atoms with Crippen molar-refractivity contribution in [2.45, 2.75) is 26.7 Å². The number of carbonyl (C=O) groups excluding carboxylic acids is 1. The maximum atomic E-state index is 10.2. The van der Waals surface area contributed by atoms with Crippen molar-refractivity contribution in [3.8, 4) is 0 Å². The first-order chi connectivity index (χ1) is 5.81. The molecule has 0 aromatic carbocycles. The maximum Gasteiger partial charge on any atom is 0.305 e. The van der Waals surface area contributed by atoms with E-state index < -0.39 is 0 Å². The van der Waals surface area contributed by atoms with Crippen LogP contribution in [0.1, 0.15) is 26.7 Å². The molecule has 1 aliphatic heterocycles. The number of esters is 1. The molecule has 3 nitrogen and oxygen atoms in total. The Labute approximate surface area is 73.4 Å². The molecule has 0 saturated carbocycles. The van der Waals surface area contributed by atoms with Gasteiger partial charge in [0, 0.05) is 12.8 Å². The van der Waals surface area contributed by atoms with Crippen molar-refractivity contribution >= 4 is 5.97 Å². The summed E-state index contributed by atoms with van der Waals surface area (Å²) in [5.41, 5.74) is 0. The second-order valence-electron chi connectivity index (χ2n) is 2.19. The van der Waals surface area contributed by atoms with Crippen LogP contribution in [0.2, 0.25) is 0 Å². The molecule has 0 amide bonds. The third kappa shape index (κ3) is 7.12. The van der Waals surface area contributed by atoms with Gasteiger partial charge in [-0.1, -0.05) is 6.92 Å². The monoisotopic (exact) mass is 172 g/mol. The van der Waals surface area contributed by atoms with Crippen LogP contribution in [0.3, 0.4) is 0 Å². The Hall–Kier alpha value is -0.990. The predicted molar refractivity (Wildman–Crippen MR) is 46.6 cm³/mol. The van der Waals surface area contributed by atoms with Crippen molar-refractivity contribution in [1.82, 2.24) is 0 Å². The van der Waals surface area contributed by atoms with Gasteiger partial charge in [-0.25, -0.2) is 0 Å². The summed E-state index contributed by atoms with van der Waals surface area (Å²) in [5, 5.41) is 0. The van der Waals surface area contributed by atoms with Crippen molar-refractivity contribution < 1.29 is 14.3 Å². The lowest BCUT2D eigenvalue weighted by atomic mass is 10.5. The molecule has 1 rings (SSSR count). The Morgan fingerprint density at radius 1 is 1.58 bits per heavy atom. The summed E-state index contributed by atoms with van der Waals surface area (Å²) in [4.78, 5) is 10.2. The van der Waals surface area contributed by atoms with Gasteiger partial charge in [-0.15, -0.1) is 0 Å². The summed E-state index contributed by atoms with van der Waals surface area (Å²) in [6.45, 7) is 4.96. The molecule has 3 heteroatoms. The Bertz CT molecular complexity index is 135. The molecule has 0 fully saturated rings. The number of hydrogen-bond donors (Lipinski definition) is 0. The van der Waals surface area contributed by atoms with Crippen LogP contribution >= 0.6 is 0 Å². The highest BCUT2D eigenvalue weighted by Gasteiger charge is 1.91. The van der Waals surface area contributed by atoms with Gasteiger partial charge in [-0.3, -0.25) is 4.79 Å². The minimum atomic E-state index is -0.123. The molecule has 0 radical (unpaired) electrons. The van der Waals surface area contributed by atoms with E-state index in [1.54, 1.807) is 20.1 Å². The Morgan fingerprint density at radius 3 is 2.50 bits per heavy atom. The van der Waals surface area contributed by atoms with Gasteiger partial charge in [0.05, 0.1) is 19.5 Å². The van der Waals surface area contributed by atoms with Gasteiger partial charge in [-0.05, 0) is 13.0 Å². The van der Waals surface area contributed by atoms with Gasteiger partial charge in [0.1, 0.15) is 0 Å². The van der Waals surface area contributed by atoms with Crippen LogP contribution in [-0.4, -0.2) is 19.2 Å². The fraction of sp³-hybridized carbons (Fsp3) is 0.667. The van der Waals surface area contributed by atoms with Gasteiger partial charge in [0.15, 0.2) is 0 Å². The van der Waals surface area contributed by atoms with E-state index in [9.17, 15) is 4.79 Å². The Kier molecular flexibility index (Phi) is 7.44. The summed E-state index contributed by atoms with van der Waals surface area (Å²) in [5.74, 6) is -0.123. The van der Waals surface area contributed by atoms with Gasteiger partial charge < -0.3 is 9.47 Å². The molecule has 12 heavy (non-hydrogen) atoms. The van der Waals surface area contributed by atoms with E-state index in [2.05, 4.69) is 4.74 Å². The van der Waals surface area contributed by atoms with Crippen LogP contribution < -0.4 is 0 Å². The van der Waals surface area contributed by atoms with E-state index in [0.29, 0.717) is 13.0 Å². The summed E-state index contributed by atoms with van der Waals surface area (Å²) >= 11 is 0. The second kappa shape index (κ2) is 8.11. The van der Waals surface area contributed by atoms with Crippen molar-refractivity contribution in [3.05, 3.63) is 12.3 Å². The molecule has 70 valence electrons. The van der Waals surface area contributed by atoms with E-state index >= 15 is 0 Å². The quantitative estimate of drug-likeness (QED) is 0.596. The summed E-state index contributed by atoms with van der Waals surface area (Å²) in [7, 11) is 0. The van der Waals surface area contributed by atoms with Gasteiger partial charge in [-0.2, -0.15) is 0 Å². The molecule has 0 aromatic rings. The molecule has 0 bridgehead atoms. The lowest BCUT2D eigenvalue weighted by Crippen LogP contribution is -2.00. The van der Waals surface area contributed by atoms with E-state index in [1.807, 2.05) is 6.08 Å². The van der Waals surface area contributed by atoms with Crippen LogP contribution in [0.25, 0.3) is 0 Å². The first-order valence-corrected chi connectivity index (χ1v) is 4.23. The molecule has 0 N–H and O–H groups in total. The van der Waals surface area contributed by atoms with E-state index in [1.165, 1.54) is 0 Å². The largest absolute Gasteiger partial charge is 0.501 e. The van der Waals surface area contributed by atoms with Gasteiger partial charge >= 0.3 is 5.97 Å². The minimum absolute atomic E-state index is 0.123. The van der Waals surface area contributed by atoms with E-state index in [4.69, 9.17) is 4.74 Å². The fourth-order valence-corrected chi connectivity index (χ4v) is 0.603. The standard InChI is InChI=1S/C5H10O2.C4H6O/c1-3-5(6)7-4-2;1-2-4-5-3-1/h3-4H2,1-2H3;1,3H,2,4H2. The first-order valence-electron chi connectivity index (χ1n) is 4.23. The number of hydrogen-bond acceptors (Lipinski definition) is 3. The Balaban J connectivity index is 0.000000211. The molecule has 0 unspecified atom stereocenters. The maximum absolute atomic E-state index is 10.2. The molecule has 0 atom stereocenters. The van der Waals surface area contributed by atoms with E-state index in [-0.39, 0.29) is 5.97 Å². The third-order valence-corrected chi connectivity index (χ3v) is 1.19. The Morgan fingerprint density at radius 2 is 2.33 bits per heavy atom. The van der Waals surface area contributed by atoms with E-state index in [0.717, 1.165) is 13.0 Å². The molecule has 0 spiro atoms. The number of carbonyl (C=O) groups is 1. The fourth-order valence-electron chi connectivity index (χ4n) is 0.603. The zero-order valence-corrected chi connectivity index (χ0v) is 7.71. The highest BCUT2D eigenvalue weighted by Crippen LogP contribution is 1.93. The van der Waals surface area contributed by atoms with Crippen LogP contribution in [0.4, 0.5) is 0 Å². The molecular weight excluding hydrogens is 156 g/mol. The second-order valence-corrected chi connectivity index (χ2v) is 2.19. The predicted octanol–water partition coefficient (Wildman–Crippen LogP) is 1.88. The SMILES string of the molecule is C1=COCC1.CCOC(=O)CC. The third-order valence-electron chi connectivity index (χ3n) is 1.19. The van der Waals surface area contributed by atoms with Crippen LogP contribution in [-0.2, 0) is 14.3 Å². The van der Waals surface area contributed by atoms with Gasteiger partial charge in [0.25, 0.3) is 0 Å². The lowest BCUT2D eigenvalue weighted by Gasteiger charge is -1.93. The minimum Gasteiger partial charge on any atom is -0.501 e. The van der Waals surface area contributed by atoms with Crippen molar-refractivity contribution in [3.63, 3.8) is 0 Å². The molecule has 0 aromatic heterocycles. The van der Waals surface area contributed by atoms with Gasteiger partial charge in [0.2, 0.25) is 0 Å². The molecule has 1 heterocycles. The van der Waals surface area contributed by atoms with Crippen molar-refractivity contribution in [2.75, 3.05) is 13.2 Å². The summed E-state index contributed by atoms with van der Waals surface area (Å²) in [6, 6.07) is 0. The molecular formula is C9H16O3. The zero-order valence-electron chi connectivity index (χ0n) is 7.71. The highest BCUT2D eigenvalue weighted by atomic mass is 16.5. The molecule has 0 saturated heterocycles. The molecule has 0 aliphatic carbocycles. The molecule has 1 aliphatic rings. The van der Waals surface area contributed by atoms with Crippen molar-refractivity contribution in [2.24, 2.45) is 0 Å². The average molecular weight is 172 g/mol. The first kappa shape index (κ1) is 11.0. The summed E-state index contributed by atoms with van der Waals surface area (Å²) in [6.07, 6.45) is 5.33. The zero-order chi connectivity index (χ0) is 9.23. The van der Waals surface area contributed by atoms with Crippen LogP contribution in [0.5, 0.6) is 0 Å². The van der Waals surface area contributed by atoms with Crippen molar-refractivity contribution in [1.29, 1.82) is 0 Å². The summed E-state index contributed by atoms with van der Waals surface area (Å²) < 4.78 is 9.32. The smallest absolute Gasteiger partial charge is 0.305 e. The highest BCUT2D eigenvalue weighted by molar-refractivity contribution is 5.68. The van der Waals surface area contributed by atoms with Crippen LogP contribution in [0, 0.1) is 0 Å². The average Bonchev–Trinajstić information content (AvgIpc) is 2.62. The van der Waals surface area contributed by atoms with Crippen LogP contribution in [0.15, 0.2) is 12.3 Å². The normalized spacial score (nSPS) is 12.8. The lowest BCUT2D eigenvalue weighted by molar-refractivity contribution is -0.142. The number of rotatable bonds is 2. The topological polar surface area (TPSA) is 35.5 Å².